The summed E-state index contributed by atoms with van der Waals surface area (Å²) in [6.07, 6.45) is 0. The van der Waals surface area contributed by atoms with Gasteiger partial charge in [-0.05, 0) is 6.92 Å². The van der Waals surface area contributed by atoms with Crippen LogP contribution in [-0.2, 0) is 0 Å². The summed E-state index contributed by atoms with van der Waals surface area (Å²) in [6.45, 7) is 8.18. The van der Waals surface area contributed by atoms with Crippen LogP contribution in [0.5, 0.6) is 11.5 Å². The van der Waals surface area contributed by atoms with Crippen molar-refractivity contribution in [3.63, 3.8) is 0 Å². The van der Waals surface area contributed by atoms with E-state index in [1.54, 1.807) is 0 Å². The molecule has 0 aliphatic carbocycles. The van der Waals surface area contributed by atoms with E-state index in [0.717, 1.165) is 28.4 Å². The van der Waals surface area contributed by atoms with Crippen molar-refractivity contribution in [2.24, 2.45) is 5.73 Å². The van der Waals surface area contributed by atoms with Crippen LogP contribution >= 0.6 is 0 Å². The van der Waals surface area contributed by atoms with Crippen LogP contribution in [0, 0.1) is 0 Å². The summed E-state index contributed by atoms with van der Waals surface area (Å²) in [6, 6.07) is 4.20. The summed E-state index contributed by atoms with van der Waals surface area (Å²) in [5, 5.41) is 0. The number of rotatable bonds is 3. The maximum Gasteiger partial charge on any atom is 0.163 e. The molecule has 20 heavy (non-hydrogen) atoms. The fourth-order valence-electron chi connectivity index (χ4n) is 2.63. The third-order valence-corrected chi connectivity index (χ3v) is 3.68. The van der Waals surface area contributed by atoms with Crippen molar-refractivity contribution in [2.75, 3.05) is 19.8 Å². The van der Waals surface area contributed by atoms with Gasteiger partial charge in [0.05, 0.1) is 11.0 Å². The highest BCUT2D eigenvalue weighted by atomic mass is 16.6. The molecule has 0 bridgehead atoms. The van der Waals surface area contributed by atoms with Gasteiger partial charge in [-0.3, -0.25) is 0 Å². The van der Waals surface area contributed by atoms with Crippen molar-refractivity contribution in [3.05, 3.63) is 18.0 Å². The van der Waals surface area contributed by atoms with Gasteiger partial charge >= 0.3 is 0 Å². The Morgan fingerprint density at radius 2 is 1.85 bits per heavy atom. The first-order valence-electron chi connectivity index (χ1n) is 7.13. The van der Waals surface area contributed by atoms with Gasteiger partial charge in [0.15, 0.2) is 11.5 Å². The van der Waals surface area contributed by atoms with Gasteiger partial charge < -0.3 is 19.8 Å². The van der Waals surface area contributed by atoms with E-state index in [-0.39, 0.29) is 6.04 Å². The molecule has 2 heterocycles. The van der Waals surface area contributed by atoms with Crippen LogP contribution < -0.4 is 15.2 Å². The number of imidazole rings is 1. The minimum Gasteiger partial charge on any atom is -0.486 e. The van der Waals surface area contributed by atoms with Gasteiger partial charge in [0.1, 0.15) is 19.0 Å². The Morgan fingerprint density at radius 3 is 2.45 bits per heavy atom. The van der Waals surface area contributed by atoms with E-state index in [4.69, 9.17) is 20.2 Å². The van der Waals surface area contributed by atoms with Crippen LogP contribution in [0.2, 0.25) is 0 Å². The molecule has 2 N–H and O–H groups in total. The molecule has 5 nitrogen and oxygen atoms in total. The van der Waals surface area contributed by atoms with Gasteiger partial charge in [-0.25, -0.2) is 4.98 Å². The molecule has 0 amide bonds. The second-order valence-corrected chi connectivity index (χ2v) is 5.56. The molecule has 3 rings (SSSR count). The van der Waals surface area contributed by atoms with E-state index in [9.17, 15) is 0 Å². The SMILES string of the molecule is CC(C)c1nc2cc3c(cc2n1C(C)CN)OCCO3. The summed E-state index contributed by atoms with van der Waals surface area (Å²) in [4.78, 5) is 4.76. The number of ether oxygens (including phenoxy) is 2. The third kappa shape index (κ3) is 2.02. The van der Waals surface area contributed by atoms with Gasteiger partial charge in [-0.2, -0.15) is 0 Å². The Labute approximate surface area is 118 Å². The summed E-state index contributed by atoms with van der Waals surface area (Å²) < 4.78 is 13.5. The lowest BCUT2D eigenvalue weighted by molar-refractivity contribution is 0.172. The monoisotopic (exact) mass is 275 g/mol. The van der Waals surface area contributed by atoms with E-state index in [1.165, 1.54) is 0 Å². The van der Waals surface area contributed by atoms with E-state index >= 15 is 0 Å². The number of hydrogen-bond acceptors (Lipinski definition) is 4. The molecule has 1 aromatic heterocycles. The maximum atomic E-state index is 5.86. The largest absolute Gasteiger partial charge is 0.486 e. The van der Waals surface area contributed by atoms with Gasteiger partial charge in [-0.1, -0.05) is 13.8 Å². The molecule has 1 aromatic carbocycles. The Bertz CT molecular complexity index is 634. The first-order valence-corrected chi connectivity index (χ1v) is 7.13. The average molecular weight is 275 g/mol. The number of aromatic nitrogens is 2. The lowest BCUT2D eigenvalue weighted by Gasteiger charge is -2.20. The molecule has 2 aromatic rings. The first kappa shape index (κ1) is 13.2. The number of benzene rings is 1. The van der Waals surface area contributed by atoms with Crippen molar-refractivity contribution in [1.82, 2.24) is 9.55 Å². The Morgan fingerprint density at radius 1 is 1.20 bits per heavy atom. The fraction of sp³-hybridized carbons (Fsp3) is 0.533. The van der Waals surface area contributed by atoms with Crippen molar-refractivity contribution in [1.29, 1.82) is 0 Å². The van der Waals surface area contributed by atoms with Crippen molar-refractivity contribution < 1.29 is 9.47 Å². The molecule has 1 unspecified atom stereocenters. The van der Waals surface area contributed by atoms with E-state index in [0.29, 0.717) is 25.7 Å². The molecule has 0 fully saturated rings. The van der Waals surface area contributed by atoms with Crippen molar-refractivity contribution in [3.8, 4) is 11.5 Å². The van der Waals surface area contributed by atoms with E-state index in [1.807, 2.05) is 12.1 Å². The minimum absolute atomic E-state index is 0.208. The van der Waals surface area contributed by atoms with Crippen LogP contribution in [0.1, 0.15) is 38.6 Å². The standard InChI is InChI=1S/C15H21N3O2/c1-9(2)15-17-11-6-13-14(20-5-4-19-13)7-12(11)18(15)10(3)8-16/h6-7,9-10H,4-5,8,16H2,1-3H3. The van der Waals surface area contributed by atoms with Gasteiger partial charge in [0, 0.05) is 30.6 Å². The molecular formula is C15H21N3O2. The van der Waals surface area contributed by atoms with Gasteiger partial charge in [0.25, 0.3) is 0 Å². The van der Waals surface area contributed by atoms with E-state index in [2.05, 4.69) is 25.3 Å². The molecule has 0 radical (unpaired) electrons. The zero-order chi connectivity index (χ0) is 14.3. The molecular weight excluding hydrogens is 254 g/mol. The predicted octanol–water partition coefficient (Wildman–Crippen LogP) is 2.45. The zero-order valence-corrected chi connectivity index (χ0v) is 12.2. The van der Waals surface area contributed by atoms with Crippen LogP contribution in [0.4, 0.5) is 0 Å². The molecule has 0 saturated carbocycles. The van der Waals surface area contributed by atoms with E-state index < -0.39 is 0 Å². The summed E-state index contributed by atoms with van der Waals surface area (Å²) in [5.74, 6) is 2.98. The summed E-state index contributed by atoms with van der Waals surface area (Å²) in [5.41, 5.74) is 7.87. The second-order valence-electron chi connectivity index (χ2n) is 5.56. The van der Waals surface area contributed by atoms with Crippen molar-refractivity contribution in [2.45, 2.75) is 32.7 Å². The number of hydrogen-bond donors (Lipinski definition) is 1. The molecule has 5 heteroatoms. The van der Waals surface area contributed by atoms with Gasteiger partial charge in [-0.15, -0.1) is 0 Å². The van der Waals surface area contributed by atoms with Crippen LogP contribution in [0.3, 0.4) is 0 Å². The smallest absolute Gasteiger partial charge is 0.163 e. The predicted molar refractivity (Wildman–Crippen MR) is 78.6 cm³/mol. The first-order chi connectivity index (χ1) is 9.61. The van der Waals surface area contributed by atoms with Crippen LogP contribution in [0.15, 0.2) is 12.1 Å². The highest BCUT2D eigenvalue weighted by Gasteiger charge is 2.21. The fourth-order valence-corrected chi connectivity index (χ4v) is 2.63. The molecule has 1 atom stereocenters. The topological polar surface area (TPSA) is 62.3 Å². The highest BCUT2D eigenvalue weighted by Crippen LogP contribution is 2.36. The Hall–Kier alpha value is -1.75. The minimum atomic E-state index is 0.208. The molecule has 1 aliphatic rings. The highest BCUT2D eigenvalue weighted by molar-refractivity contribution is 5.81. The second kappa shape index (κ2) is 4.98. The normalized spacial score (nSPS) is 15.8. The Balaban J connectivity index is 2.24. The molecule has 0 spiro atoms. The van der Waals surface area contributed by atoms with Crippen molar-refractivity contribution >= 4 is 11.0 Å². The third-order valence-electron chi connectivity index (χ3n) is 3.68. The quantitative estimate of drug-likeness (QED) is 0.934. The average Bonchev–Trinajstić information content (AvgIpc) is 2.82. The molecule has 108 valence electrons. The van der Waals surface area contributed by atoms with Crippen LogP contribution in [-0.4, -0.2) is 29.3 Å². The number of nitrogens with two attached hydrogens (primary N) is 1. The van der Waals surface area contributed by atoms with Crippen LogP contribution in [0.25, 0.3) is 11.0 Å². The van der Waals surface area contributed by atoms with Gasteiger partial charge in [0.2, 0.25) is 0 Å². The summed E-state index contributed by atoms with van der Waals surface area (Å²) in [7, 11) is 0. The molecule has 1 aliphatic heterocycles. The number of fused-ring (bicyclic) bond motifs is 2. The Kier molecular flexibility index (Phi) is 3.30. The maximum absolute atomic E-state index is 5.86. The molecule has 0 saturated heterocycles. The lowest BCUT2D eigenvalue weighted by Crippen LogP contribution is -2.19. The summed E-state index contributed by atoms with van der Waals surface area (Å²) >= 11 is 0. The zero-order valence-electron chi connectivity index (χ0n) is 12.2. The lowest BCUT2D eigenvalue weighted by atomic mass is 10.2. The number of nitrogens with zero attached hydrogens (tertiary/aromatic N) is 2.